The Morgan fingerprint density at radius 1 is 1.41 bits per heavy atom. The number of carbonyl (C=O) groups is 1. The Bertz CT molecular complexity index is 309. The van der Waals surface area contributed by atoms with Gasteiger partial charge in [0, 0.05) is 12.2 Å². The highest BCUT2D eigenvalue weighted by atomic mass is 16.1. The summed E-state index contributed by atoms with van der Waals surface area (Å²) in [5, 5.41) is 0. The molecule has 0 aliphatic heterocycles. The van der Waals surface area contributed by atoms with E-state index in [0.29, 0.717) is 0 Å². The monoisotopic (exact) mass is 236 g/mol. The van der Waals surface area contributed by atoms with E-state index in [1.807, 2.05) is 39.8 Å². The molecule has 96 valence electrons. The van der Waals surface area contributed by atoms with Crippen molar-refractivity contribution in [1.29, 1.82) is 0 Å². The lowest BCUT2D eigenvalue weighted by Gasteiger charge is -2.23. The van der Waals surface area contributed by atoms with Gasteiger partial charge in [0.2, 0.25) is 6.41 Å². The first-order valence-corrected chi connectivity index (χ1v) is 6.35. The van der Waals surface area contributed by atoms with Crippen LogP contribution in [0.4, 0.5) is 5.82 Å². The van der Waals surface area contributed by atoms with Gasteiger partial charge in [0.1, 0.15) is 5.82 Å². The Hall–Kier alpha value is -1.38. The molecule has 1 amide bonds. The van der Waals surface area contributed by atoms with Crippen LogP contribution in [0.25, 0.3) is 0 Å². The van der Waals surface area contributed by atoms with Crippen LogP contribution in [0.3, 0.4) is 0 Å². The molecular weight excluding hydrogens is 212 g/mol. The fraction of sp³-hybridized carbons (Fsp3) is 0.571. The average Bonchev–Trinajstić information content (AvgIpc) is 2.35. The number of hydrogen-bond acceptors (Lipinski definition) is 2. The molecule has 0 aromatic carbocycles. The van der Waals surface area contributed by atoms with E-state index >= 15 is 0 Å². The molecule has 0 bridgehead atoms. The van der Waals surface area contributed by atoms with Crippen molar-refractivity contribution in [3.63, 3.8) is 0 Å². The van der Waals surface area contributed by atoms with E-state index in [9.17, 15) is 4.79 Å². The second-order valence-corrected chi connectivity index (χ2v) is 3.84. The summed E-state index contributed by atoms with van der Waals surface area (Å²) in [5.74, 6) is 0.733. The highest BCUT2D eigenvalue weighted by molar-refractivity contribution is 5.73. The minimum atomic E-state index is 0.211. The second-order valence-electron chi connectivity index (χ2n) is 3.84. The van der Waals surface area contributed by atoms with E-state index in [1.54, 1.807) is 11.1 Å². The van der Waals surface area contributed by atoms with Gasteiger partial charge in [-0.2, -0.15) is 0 Å². The molecule has 0 fully saturated rings. The number of aryl methyl sites for hydroxylation is 1. The first-order chi connectivity index (χ1) is 8.19. The van der Waals surface area contributed by atoms with Crippen molar-refractivity contribution in [2.45, 2.75) is 53.5 Å². The predicted octanol–water partition coefficient (Wildman–Crippen LogP) is 3.57. The number of aromatic nitrogens is 1. The van der Waals surface area contributed by atoms with Crippen molar-refractivity contribution in [2.75, 3.05) is 4.90 Å². The Labute approximate surface area is 105 Å². The van der Waals surface area contributed by atoms with Crippen molar-refractivity contribution < 1.29 is 4.79 Å². The zero-order valence-corrected chi connectivity index (χ0v) is 11.6. The van der Waals surface area contributed by atoms with Gasteiger partial charge in [-0.25, -0.2) is 4.98 Å². The highest BCUT2D eigenvalue weighted by Gasteiger charge is 2.13. The maximum Gasteiger partial charge on any atom is 0.215 e. The van der Waals surface area contributed by atoms with Crippen LogP contribution in [0, 0.1) is 6.92 Å². The number of anilines is 1. The summed E-state index contributed by atoms with van der Waals surface area (Å²) in [4.78, 5) is 16.9. The topological polar surface area (TPSA) is 33.2 Å². The standard InChI is InChI=1S/C12H18N2O.C2H6/c1-4-5-11(3)14(9-15)12-7-6-10(2)8-13-12;1-2/h6-9,11H,4-5H2,1-3H3;1-2H3. The van der Waals surface area contributed by atoms with Gasteiger partial charge in [0.05, 0.1) is 0 Å². The Morgan fingerprint density at radius 3 is 2.47 bits per heavy atom. The molecule has 0 aliphatic carbocycles. The van der Waals surface area contributed by atoms with Crippen molar-refractivity contribution in [3.8, 4) is 0 Å². The summed E-state index contributed by atoms with van der Waals surface area (Å²) in [6, 6.07) is 4.07. The fourth-order valence-electron chi connectivity index (χ4n) is 1.55. The van der Waals surface area contributed by atoms with Gasteiger partial charge in [-0.05, 0) is 31.9 Å². The average molecular weight is 236 g/mol. The third-order valence-electron chi connectivity index (χ3n) is 2.46. The van der Waals surface area contributed by atoms with E-state index in [2.05, 4.69) is 11.9 Å². The first-order valence-electron chi connectivity index (χ1n) is 6.35. The van der Waals surface area contributed by atoms with Crippen molar-refractivity contribution in [3.05, 3.63) is 23.9 Å². The van der Waals surface area contributed by atoms with Gasteiger partial charge in [-0.15, -0.1) is 0 Å². The van der Waals surface area contributed by atoms with Crippen LogP contribution >= 0.6 is 0 Å². The van der Waals surface area contributed by atoms with Crippen LogP contribution in [0.2, 0.25) is 0 Å². The van der Waals surface area contributed by atoms with E-state index in [1.165, 1.54) is 0 Å². The fourth-order valence-corrected chi connectivity index (χ4v) is 1.55. The van der Waals surface area contributed by atoms with Crippen molar-refractivity contribution in [1.82, 2.24) is 4.98 Å². The van der Waals surface area contributed by atoms with E-state index in [-0.39, 0.29) is 6.04 Å². The Kier molecular flexibility index (Phi) is 8.03. The lowest BCUT2D eigenvalue weighted by Crippen LogP contribution is -2.32. The molecule has 1 aromatic rings. The van der Waals surface area contributed by atoms with Crippen LogP contribution in [0.1, 0.15) is 46.1 Å². The molecule has 3 nitrogen and oxygen atoms in total. The zero-order chi connectivity index (χ0) is 13.3. The molecule has 0 aliphatic rings. The lowest BCUT2D eigenvalue weighted by atomic mass is 10.1. The van der Waals surface area contributed by atoms with Crippen LogP contribution in [-0.4, -0.2) is 17.4 Å². The number of hydrogen-bond donors (Lipinski definition) is 0. The molecule has 0 spiro atoms. The molecule has 17 heavy (non-hydrogen) atoms. The quantitative estimate of drug-likeness (QED) is 0.732. The van der Waals surface area contributed by atoms with E-state index in [0.717, 1.165) is 30.6 Å². The van der Waals surface area contributed by atoms with E-state index in [4.69, 9.17) is 0 Å². The first kappa shape index (κ1) is 15.6. The maximum absolute atomic E-state index is 11.0. The van der Waals surface area contributed by atoms with Crippen LogP contribution in [-0.2, 0) is 4.79 Å². The molecule has 1 rings (SSSR count). The minimum Gasteiger partial charge on any atom is -0.297 e. The molecule has 0 saturated heterocycles. The Balaban J connectivity index is 0.00000121. The zero-order valence-electron chi connectivity index (χ0n) is 11.6. The van der Waals surface area contributed by atoms with Gasteiger partial charge in [-0.1, -0.05) is 33.3 Å². The summed E-state index contributed by atoms with van der Waals surface area (Å²) in [6.07, 6.45) is 4.70. The SMILES string of the molecule is CC.CCCC(C)N(C=O)c1ccc(C)cn1. The molecule has 3 heteroatoms. The molecule has 1 atom stereocenters. The molecular formula is C14H24N2O. The summed E-state index contributed by atoms with van der Waals surface area (Å²) >= 11 is 0. The number of carbonyl (C=O) groups excluding carboxylic acids is 1. The van der Waals surface area contributed by atoms with Crippen LogP contribution < -0.4 is 4.90 Å². The van der Waals surface area contributed by atoms with E-state index < -0.39 is 0 Å². The van der Waals surface area contributed by atoms with Gasteiger partial charge < -0.3 is 0 Å². The summed E-state index contributed by atoms with van der Waals surface area (Å²) < 4.78 is 0. The van der Waals surface area contributed by atoms with Crippen LogP contribution in [0.15, 0.2) is 18.3 Å². The molecule has 1 unspecified atom stereocenters. The minimum absolute atomic E-state index is 0.211. The predicted molar refractivity (Wildman–Crippen MR) is 73.2 cm³/mol. The summed E-state index contributed by atoms with van der Waals surface area (Å²) in [7, 11) is 0. The highest BCUT2D eigenvalue weighted by Crippen LogP contribution is 2.15. The molecule has 1 aromatic heterocycles. The lowest BCUT2D eigenvalue weighted by molar-refractivity contribution is -0.107. The number of rotatable bonds is 5. The molecule has 1 heterocycles. The van der Waals surface area contributed by atoms with Gasteiger partial charge >= 0.3 is 0 Å². The smallest absolute Gasteiger partial charge is 0.215 e. The van der Waals surface area contributed by atoms with Crippen molar-refractivity contribution in [2.24, 2.45) is 0 Å². The second kappa shape index (κ2) is 8.74. The van der Waals surface area contributed by atoms with Gasteiger partial charge in [0.15, 0.2) is 0 Å². The maximum atomic E-state index is 11.0. The molecule has 0 N–H and O–H groups in total. The number of amides is 1. The summed E-state index contributed by atoms with van der Waals surface area (Å²) in [5.41, 5.74) is 1.10. The van der Waals surface area contributed by atoms with Crippen LogP contribution in [0.5, 0.6) is 0 Å². The van der Waals surface area contributed by atoms with Crippen molar-refractivity contribution >= 4 is 12.2 Å². The largest absolute Gasteiger partial charge is 0.297 e. The number of pyridine rings is 1. The van der Waals surface area contributed by atoms with Gasteiger partial charge in [0.25, 0.3) is 0 Å². The third-order valence-corrected chi connectivity index (χ3v) is 2.46. The normalized spacial score (nSPS) is 11.1. The van der Waals surface area contributed by atoms with Gasteiger partial charge in [-0.3, -0.25) is 9.69 Å². The molecule has 0 saturated carbocycles. The third kappa shape index (κ3) is 4.98. The number of nitrogens with zero attached hydrogens (tertiary/aromatic N) is 2. The molecule has 0 radical (unpaired) electrons. The summed E-state index contributed by atoms with van der Waals surface area (Å²) in [6.45, 7) is 10.1. The Morgan fingerprint density at radius 2 is 2.06 bits per heavy atom.